The summed E-state index contributed by atoms with van der Waals surface area (Å²) < 4.78 is 7.06. The lowest BCUT2D eigenvalue weighted by atomic mass is 9.95. The lowest BCUT2D eigenvalue weighted by Crippen LogP contribution is -2.40. The number of phenols is 1. The Balaban J connectivity index is 1.66. The maximum Gasteiger partial charge on any atom is 0.271 e. The van der Waals surface area contributed by atoms with Gasteiger partial charge in [0.2, 0.25) is 0 Å². The van der Waals surface area contributed by atoms with Crippen molar-refractivity contribution in [2.75, 3.05) is 12.4 Å². The predicted octanol–water partition coefficient (Wildman–Crippen LogP) is 4.24. The molecule has 2 N–H and O–H groups in total. The van der Waals surface area contributed by atoms with Gasteiger partial charge in [-0.2, -0.15) is 0 Å². The SMILES string of the molecule is COc1ccc(C=c2sc3n(c2=O)C(c2ccc(Cl)cc2)C(C(=O)Nc2ccccc2)=C(C)N=3)cc1O. The van der Waals surface area contributed by atoms with Gasteiger partial charge in [-0.1, -0.05) is 59.3 Å². The average Bonchev–Trinajstić information content (AvgIpc) is 3.18. The normalized spacial score (nSPS) is 15.2. The lowest BCUT2D eigenvalue weighted by molar-refractivity contribution is -0.113. The van der Waals surface area contributed by atoms with Crippen LogP contribution in [0.5, 0.6) is 11.5 Å². The van der Waals surface area contributed by atoms with Crippen LogP contribution in [0.25, 0.3) is 6.08 Å². The molecule has 4 aromatic rings. The number of fused-ring (bicyclic) bond motifs is 1. The fourth-order valence-corrected chi connectivity index (χ4v) is 5.41. The highest BCUT2D eigenvalue weighted by Gasteiger charge is 2.32. The van der Waals surface area contributed by atoms with Gasteiger partial charge in [0.05, 0.1) is 29.0 Å². The van der Waals surface area contributed by atoms with Crippen molar-refractivity contribution in [3.8, 4) is 11.5 Å². The number of ether oxygens (including phenoxy) is 1. The molecule has 37 heavy (non-hydrogen) atoms. The molecule has 1 aliphatic heterocycles. The molecule has 186 valence electrons. The van der Waals surface area contributed by atoms with E-state index in [1.54, 1.807) is 61.5 Å². The number of halogens is 1. The predicted molar refractivity (Wildman–Crippen MR) is 145 cm³/mol. The summed E-state index contributed by atoms with van der Waals surface area (Å²) in [5.41, 5.74) is 2.59. The van der Waals surface area contributed by atoms with Gasteiger partial charge >= 0.3 is 0 Å². The number of aromatic hydroxyl groups is 1. The minimum Gasteiger partial charge on any atom is -0.504 e. The van der Waals surface area contributed by atoms with Crippen molar-refractivity contribution in [3.05, 3.63) is 120 Å². The van der Waals surface area contributed by atoms with Crippen molar-refractivity contribution >= 4 is 40.6 Å². The monoisotopic (exact) mass is 531 g/mol. The fraction of sp³-hybridized carbons (Fsp3) is 0.107. The zero-order chi connectivity index (χ0) is 26.1. The molecule has 1 atom stereocenters. The number of carbonyl (C=O) groups excluding carboxylic acids is 1. The van der Waals surface area contributed by atoms with E-state index in [0.717, 1.165) is 5.56 Å². The second-order valence-electron chi connectivity index (χ2n) is 8.38. The third-order valence-electron chi connectivity index (χ3n) is 5.98. The van der Waals surface area contributed by atoms with Crippen LogP contribution in [-0.4, -0.2) is 22.7 Å². The number of amides is 1. The molecule has 0 spiro atoms. The molecule has 0 saturated heterocycles. The summed E-state index contributed by atoms with van der Waals surface area (Å²) in [7, 11) is 1.47. The Bertz CT molecular complexity index is 1710. The molecule has 0 radical (unpaired) electrons. The second-order valence-corrected chi connectivity index (χ2v) is 9.83. The summed E-state index contributed by atoms with van der Waals surface area (Å²) >= 11 is 7.35. The largest absolute Gasteiger partial charge is 0.504 e. The smallest absolute Gasteiger partial charge is 0.271 e. The van der Waals surface area contributed by atoms with Crippen molar-refractivity contribution in [1.29, 1.82) is 0 Å². The van der Waals surface area contributed by atoms with E-state index in [2.05, 4.69) is 10.3 Å². The molecule has 2 heterocycles. The quantitative estimate of drug-likeness (QED) is 0.403. The number of hydrogen-bond donors (Lipinski definition) is 2. The molecule has 3 aromatic carbocycles. The molecule has 1 aromatic heterocycles. The van der Waals surface area contributed by atoms with E-state index < -0.39 is 6.04 Å². The molecule has 5 rings (SSSR count). The summed E-state index contributed by atoms with van der Waals surface area (Å²) in [5, 5.41) is 13.6. The Morgan fingerprint density at radius 3 is 2.54 bits per heavy atom. The first-order chi connectivity index (χ1) is 17.9. The van der Waals surface area contributed by atoms with Crippen molar-refractivity contribution in [1.82, 2.24) is 4.57 Å². The van der Waals surface area contributed by atoms with E-state index in [1.165, 1.54) is 29.1 Å². The zero-order valence-corrected chi connectivity index (χ0v) is 21.5. The van der Waals surface area contributed by atoms with Gasteiger partial charge in [0.25, 0.3) is 11.5 Å². The standard InChI is InChI=1S/C28H22ClN3O4S/c1-16-24(26(34)31-20-6-4-3-5-7-20)25(18-9-11-19(29)12-10-18)32-27(35)23(37-28(32)30-16)15-17-8-13-22(36-2)21(33)14-17/h3-15,25,33H,1-2H3,(H,31,34). The highest BCUT2D eigenvalue weighted by atomic mass is 35.5. The molecule has 0 bridgehead atoms. The molecule has 0 aliphatic carbocycles. The first-order valence-corrected chi connectivity index (χ1v) is 12.6. The Kier molecular flexibility index (Phi) is 6.69. The number of nitrogens with one attached hydrogen (secondary N) is 1. The van der Waals surface area contributed by atoms with Crippen molar-refractivity contribution < 1.29 is 14.6 Å². The lowest BCUT2D eigenvalue weighted by Gasteiger charge is -2.25. The number of methoxy groups -OCH3 is 1. The average molecular weight is 532 g/mol. The first kappa shape index (κ1) is 24.5. The number of para-hydroxylation sites is 1. The Morgan fingerprint density at radius 1 is 1.14 bits per heavy atom. The number of benzene rings is 3. The molecule has 1 amide bonds. The Labute approximate surface area is 221 Å². The summed E-state index contributed by atoms with van der Waals surface area (Å²) in [6.45, 7) is 1.77. The van der Waals surface area contributed by atoms with Crippen LogP contribution in [0.3, 0.4) is 0 Å². The summed E-state index contributed by atoms with van der Waals surface area (Å²) in [5.74, 6) is -0.0356. The van der Waals surface area contributed by atoms with Crippen molar-refractivity contribution in [2.45, 2.75) is 13.0 Å². The van der Waals surface area contributed by atoms with Crippen molar-refractivity contribution in [3.63, 3.8) is 0 Å². The van der Waals surface area contributed by atoms with Crippen LogP contribution >= 0.6 is 22.9 Å². The fourth-order valence-electron chi connectivity index (χ4n) is 4.24. The molecule has 7 nitrogen and oxygen atoms in total. The number of phenolic OH excluding ortho intramolecular Hbond substituents is 1. The van der Waals surface area contributed by atoms with Gasteiger partial charge in [0, 0.05) is 10.7 Å². The summed E-state index contributed by atoms with van der Waals surface area (Å²) in [6, 6.07) is 20.4. The van der Waals surface area contributed by atoms with E-state index in [-0.39, 0.29) is 17.2 Å². The van der Waals surface area contributed by atoms with E-state index >= 15 is 0 Å². The van der Waals surface area contributed by atoms with Crippen LogP contribution < -0.4 is 24.9 Å². The van der Waals surface area contributed by atoms with Gasteiger partial charge in [0.15, 0.2) is 16.3 Å². The second kappa shape index (κ2) is 10.1. The third kappa shape index (κ3) is 4.81. The van der Waals surface area contributed by atoms with Crippen LogP contribution in [0.15, 0.2) is 93.9 Å². The molecule has 9 heteroatoms. The number of carbonyl (C=O) groups is 1. The molecular weight excluding hydrogens is 510 g/mol. The molecule has 0 saturated carbocycles. The first-order valence-electron chi connectivity index (χ1n) is 11.4. The molecule has 0 fully saturated rings. The summed E-state index contributed by atoms with van der Waals surface area (Å²) in [6.07, 6.45) is 1.69. The van der Waals surface area contributed by atoms with Gasteiger partial charge in [-0.3, -0.25) is 14.2 Å². The highest BCUT2D eigenvalue weighted by Crippen LogP contribution is 2.31. The van der Waals surface area contributed by atoms with Gasteiger partial charge in [-0.25, -0.2) is 4.99 Å². The number of thiazole rings is 1. The van der Waals surface area contributed by atoms with E-state index in [4.69, 9.17) is 16.3 Å². The number of allylic oxidation sites excluding steroid dienone is 1. The number of rotatable bonds is 5. The van der Waals surface area contributed by atoms with Crippen LogP contribution in [0.1, 0.15) is 24.1 Å². The van der Waals surface area contributed by atoms with Gasteiger partial charge in [-0.15, -0.1) is 0 Å². The van der Waals surface area contributed by atoms with Crippen LogP contribution in [-0.2, 0) is 4.79 Å². The van der Waals surface area contributed by atoms with Crippen LogP contribution in [0, 0.1) is 0 Å². The minimum absolute atomic E-state index is 0.0289. The zero-order valence-electron chi connectivity index (χ0n) is 19.9. The van der Waals surface area contributed by atoms with Crippen molar-refractivity contribution in [2.24, 2.45) is 4.99 Å². The van der Waals surface area contributed by atoms with Gasteiger partial charge in [0.1, 0.15) is 0 Å². The number of hydrogen-bond acceptors (Lipinski definition) is 6. The van der Waals surface area contributed by atoms with E-state index in [9.17, 15) is 14.7 Å². The number of aromatic nitrogens is 1. The van der Waals surface area contributed by atoms with E-state index in [1.807, 2.05) is 18.2 Å². The maximum absolute atomic E-state index is 13.7. The molecule has 1 unspecified atom stereocenters. The Hall–Kier alpha value is -4.14. The highest BCUT2D eigenvalue weighted by molar-refractivity contribution is 7.07. The minimum atomic E-state index is -0.705. The Morgan fingerprint density at radius 2 is 1.86 bits per heavy atom. The maximum atomic E-state index is 13.7. The van der Waals surface area contributed by atoms with E-state index in [0.29, 0.717) is 42.6 Å². The summed E-state index contributed by atoms with van der Waals surface area (Å²) in [4.78, 5) is 32.4. The van der Waals surface area contributed by atoms with Crippen LogP contribution in [0.2, 0.25) is 5.02 Å². The topological polar surface area (TPSA) is 92.9 Å². The molecular formula is C28H22ClN3O4S. The van der Waals surface area contributed by atoms with Crippen LogP contribution in [0.4, 0.5) is 5.69 Å². The van der Waals surface area contributed by atoms with Gasteiger partial charge < -0.3 is 15.2 Å². The molecule has 1 aliphatic rings. The third-order valence-corrected chi connectivity index (χ3v) is 7.22. The number of nitrogens with zero attached hydrogens (tertiary/aromatic N) is 2. The van der Waals surface area contributed by atoms with Gasteiger partial charge in [-0.05, 0) is 60.5 Å². The number of anilines is 1.